The number of hydrogen-bond acceptors (Lipinski definition) is 5. The second-order valence-corrected chi connectivity index (χ2v) is 5.97. The van der Waals surface area contributed by atoms with Crippen LogP contribution in [-0.4, -0.2) is 29.7 Å². The van der Waals surface area contributed by atoms with Crippen LogP contribution in [0, 0.1) is 0 Å². The lowest BCUT2D eigenvalue weighted by atomic mass is 10.1. The van der Waals surface area contributed by atoms with Crippen LogP contribution in [0.25, 0.3) is 11.3 Å². The van der Waals surface area contributed by atoms with Crippen molar-refractivity contribution in [2.75, 3.05) is 30.8 Å². The highest BCUT2D eigenvalue weighted by Gasteiger charge is 2.12. The molecular weight excluding hydrogens is 335 g/mol. The Bertz CT molecular complexity index is 749. The van der Waals surface area contributed by atoms with Crippen LogP contribution in [-0.2, 0) is 4.74 Å². The van der Waals surface area contributed by atoms with Crippen LogP contribution >= 0.6 is 23.2 Å². The van der Waals surface area contributed by atoms with Crippen molar-refractivity contribution in [3.8, 4) is 11.3 Å². The maximum Gasteiger partial charge on any atom is 0.127 e. The lowest BCUT2D eigenvalue weighted by Gasteiger charge is -2.15. The van der Waals surface area contributed by atoms with Crippen molar-refractivity contribution in [3.63, 3.8) is 0 Å². The minimum Gasteiger partial charge on any atom is -0.384 e. The van der Waals surface area contributed by atoms with E-state index in [0.29, 0.717) is 33.7 Å². The van der Waals surface area contributed by atoms with Gasteiger partial charge in [-0.3, -0.25) is 0 Å². The van der Waals surface area contributed by atoms with Crippen LogP contribution in [0.5, 0.6) is 0 Å². The number of nitrogens with zero attached hydrogens (tertiary/aromatic N) is 2. The third kappa shape index (κ3) is 3.93. The van der Waals surface area contributed by atoms with Gasteiger partial charge in [0.25, 0.3) is 0 Å². The highest BCUT2D eigenvalue weighted by molar-refractivity contribution is 6.36. The molecule has 3 heterocycles. The maximum atomic E-state index is 6.27. The van der Waals surface area contributed by atoms with Gasteiger partial charge in [0.2, 0.25) is 0 Å². The minimum absolute atomic E-state index is 0.369. The molecular formula is C16H16Cl2N4O. The highest BCUT2D eigenvalue weighted by Crippen LogP contribution is 2.33. The molecule has 5 nitrogen and oxygen atoms in total. The highest BCUT2D eigenvalue weighted by atomic mass is 35.5. The zero-order valence-electron chi connectivity index (χ0n) is 12.4. The third-order valence-electron chi connectivity index (χ3n) is 3.53. The molecule has 0 amide bonds. The number of nitrogen functional groups attached to an aromatic ring is 1. The van der Waals surface area contributed by atoms with Crippen LogP contribution in [0.1, 0.15) is 6.42 Å². The van der Waals surface area contributed by atoms with Crippen molar-refractivity contribution in [3.05, 3.63) is 46.1 Å². The van der Waals surface area contributed by atoms with Crippen LogP contribution in [0.4, 0.5) is 11.6 Å². The second-order valence-electron chi connectivity index (χ2n) is 5.16. The Balaban J connectivity index is 1.84. The number of aromatic nitrogens is 2. The zero-order chi connectivity index (χ0) is 16.2. The maximum absolute atomic E-state index is 6.27. The van der Waals surface area contributed by atoms with Gasteiger partial charge in [-0.1, -0.05) is 34.9 Å². The van der Waals surface area contributed by atoms with Crippen LogP contribution in [0.15, 0.2) is 36.0 Å². The van der Waals surface area contributed by atoms with Gasteiger partial charge >= 0.3 is 0 Å². The molecule has 0 radical (unpaired) electrons. The molecule has 3 N–H and O–H groups in total. The number of halogens is 2. The van der Waals surface area contributed by atoms with E-state index in [4.69, 9.17) is 33.7 Å². The van der Waals surface area contributed by atoms with E-state index in [0.717, 1.165) is 25.4 Å². The monoisotopic (exact) mass is 350 g/mol. The topological polar surface area (TPSA) is 73.1 Å². The summed E-state index contributed by atoms with van der Waals surface area (Å²) in [5.74, 6) is 1.09. The van der Waals surface area contributed by atoms with E-state index in [1.807, 2.05) is 6.07 Å². The lowest BCUT2D eigenvalue weighted by Crippen LogP contribution is -2.13. The fourth-order valence-electron chi connectivity index (χ4n) is 2.30. The number of ether oxygens (including phenoxy) is 1. The molecule has 0 saturated heterocycles. The molecule has 0 fully saturated rings. The molecule has 0 unspecified atom stereocenters. The van der Waals surface area contributed by atoms with E-state index in [1.54, 1.807) is 12.1 Å². The van der Waals surface area contributed by atoms with E-state index < -0.39 is 0 Å². The first-order valence-electron chi connectivity index (χ1n) is 7.21. The Morgan fingerprint density at radius 3 is 2.91 bits per heavy atom. The van der Waals surface area contributed by atoms with Crippen molar-refractivity contribution >= 4 is 34.8 Å². The fourth-order valence-corrected chi connectivity index (χ4v) is 2.70. The summed E-state index contributed by atoms with van der Waals surface area (Å²) >= 11 is 12.5. The van der Waals surface area contributed by atoms with E-state index in [2.05, 4.69) is 21.4 Å². The van der Waals surface area contributed by atoms with Gasteiger partial charge in [-0.25, -0.2) is 9.97 Å². The number of pyridine rings is 2. The number of anilines is 2. The zero-order valence-corrected chi connectivity index (χ0v) is 13.9. The largest absolute Gasteiger partial charge is 0.384 e. The minimum atomic E-state index is 0.369. The molecule has 2 aromatic rings. The number of hydrogen-bond donors (Lipinski definition) is 2. The van der Waals surface area contributed by atoms with Gasteiger partial charge in [-0.05, 0) is 24.6 Å². The Hall–Kier alpha value is -1.82. The van der Waals surface area contributed by atoms with Gasteiger partial charge in [0, 0.05) is 18.3 Å². The molecule has 1 aliphatic heterocycles. The first-order valence-corrected chi connectivity index (χ1v) is 7.96. The molecule has 120 valence electrons. The SMILES string of the molecule is Nc1cc(-c2nc(NCC3=CCOCC3)ccc2Cl)c(Cl)cn1. The molecule has 0 spiro atoms. The summed E-state index contributed by atoms with van der Waals surface area (Å²) in [6.45, 7) is 2.16. The van der Waals surface area contributed by atoms with Crippen LogP contribution in [0.3, 0.4) is 0 Å². The van der Waals surface area contributed by atoms with Crippen molar-refractivity contribution in [2.24, 2.45) is 0 Å². The van der Waals surface area contributed by atoms with Gasteiger partial charge in [0.15, 0.2) is 0 Å². The molecule has 2 aromatic heterocycles. The number of nitrogens with one attached hydrogen (secondary N) is 1. The van der Waals surface area contributed by atoms with Crippen LogP contribution in [0.2, 0.25) is 10.0 Å². The van der Waals surface area contributed by atoms with E-state index in [-0.39, 0.29) is 0 Å². The quantitative estimate of drug-likeness (QED) is 0.820. The van der Waals surface area contributed by atoms with Crippen molar-refractivity contribution in [1.29, 1.82) is 0 Å². The van der Waals surface area contributed by atoms with Crippen molar-refractivity contribution in [1.82, 2.24) is 9.97 Å². The number of rotatable bonds is 4. The summed E-state index contributed by atoms with van der Waals surface area (Å²) in [6.07, 6.45) is 4.52. The first kappa shape index (κ1) is 16.1. The molecule has 3 rings (SSSR count). The average Bonchev–Trinajstić information content (AvgIpc) is 2.57. The van der Waals surface area contributed by atoms with E-state index in [9.17, 15) is 0 Å². The van der Waals surface area contributed by atoms with E-state index in [1.165, 1.54) is 11.8 Å². The van der Waals surface area contributed by atoms with Gasteiger partial charge < -0.3 is 15.8 Å². The molecule has 0 aromatic carbocycles. The summed E-state index contributed by atoms with van der Waals surface area (Å²) < 4.78 is 5.30. The van der Waals surface area contributed by atoms with Crippen LogP contribution < -0.4 is 11.1 Å². The summed E-state index contributed by atoms with van der Waals surface area (Å²) in [4.78, 5) is 8.51. The Morgan fingerprint density at radius 1 is 1.26 bits per heavy atom. The summed E-state index contributed by atoms with van der Waals surface area (Å²) in [5.41, 5.74) is 8.29. The Kier molecular flexibility index (Phi) is 5.00. The average molecular weight is 351 g/mol. The summed E-state index contributed by atoms with van der Waals surface area (Å²) in [5, 5.41) is 4.27. The molecule has 1 aliphatic rings. The van der Waals surface area contributed by atoms with Crippen molar-refractivity contribution in [2.45, 2.75) is 6.42 Å². The van der Waals surface area contributed by atoms with Gasteiger partial charge in [0.05, 0.1) is 29.0 Å². The molecule has 0 saturated carbocycles. The summed E-state index contributed by atoms with van der Waals surface area (Å²) in [6, 6.07) is 5.29. The molecule has 0 aliphatic carbocycles. The van der Waals surface area contributed by atoms with Crippen molar-refractivity contribution < 1.29 is 4.74 Å². The molecule has 0 bridgehead atoms. The van der Waals surface area contributed by atoms with Gasteiger partial charge in [0.1, 0.15) is 11.6 Å². The predicted molar refractivity (Wildman–Crippen MR) is 93.9 cm³/mol. The number of nitrogens with two attached hydrogens (primary N) is 1. The predicted octanol–water partition coefficient (Wildman–Crippen LogP) is 3.79. The third-order valence-corrected chi connectivity index (χ3v) is 4.14. The molecule has 7 heteroatoms. The normalized spacial score (nSPS) is 14.4. The van der Waals surface area contributed by atoms with Gasteiger partial charge in [-0.15, -0.1) is 0 Å². The Morgan fingerprint density at radius 2 is 2.13 bits per heavy atom. The fraction of sp³-hybridized carbons (Fsp3) is 0.250. The molecule has 23 heavy (non-hydrogen) atoms. The lowest BCUT2D eigenvalue weighted by molar-refractivity contribution is 0.154. The van der Waals surface area contributed by atoms with E-state index >= 15 is 0 Å². The Labute approximate surface area is 144 Å². The smallest absolute Gasteiger partial charge is 0.127 e. The molecule has 0 atom stereocenters. The summed E-state index contributed by atoms with van der Waals surface area (Å²) in [7, 11) is 0. The van der Waals surface area contributed by atoms with Gasteiger partial charge in [-0.2, -0.15) is 0 Å². The first-order chi connectivity index (χ1) is 11.1. The standard InChI is InChI=1S/C16H16Cl2N4O/c17-12-1-2-15(21-8-10-3-5-23-6-4-10)22-16(12)11-7-14(19)20-9-13(11)18/h1-3,7,9H,4-6,8H2,(H2,19,20)(H,21,22). The second kappa shape index (κ2) is 7.17.